The summed E-state index contributed by atoms with van der Waals surface area (Å²) in [5.74, 6) is -3.78. The second kappa shape index (κ2) is 6.00. The molecule has 0 heterocycles. The number of halogens is 3. The molecule has 0 amide bonds. The average molecular weight is 294 g/mol. The lowest BCUT2D eigenvalue weighted by Gasteiger charge is -2.13. The van der Waals surface area contributed by atoms with Crippen LogP contribution in [0.3, 0.4) is 0 Å². The Kier molecular flexibility index (Phi) is 5.55. The van der Waals surface area contributed by atoms with Crippen LogP contribution in [-0.2, 0) is 29.2 Å². The minimum Gasteiger partial charge on any atom is -0.465 e. The first-order valence-electron chi connectivity index (χ1n) is 4.35. The minimum atomic E-state index is -5.27. The Bertz CT molecular complexity index is 413. The molecule has 1 N–H and O–H groups in total. The zero-order chi connectivity index (χ0) is 14.6. The summed E-state index contributed by atoms with van der Waals surface area (Å²) in [7, 11) is -5.27. The van der Waals surface area contributed by atoms with Gasteiger partial charge in [0.25, 0.3) is 15.4 Å². The largest absolute Gasteiger partial charge is 0.465 e. The predicted molar refractivity (Wildman–Crippen MR) is 49.0 cm³/mol. The Morgan fingerprint density at radius 1 is 1.22 bits per heavy atom. The molecule has 0 saturated carbocycles. The van der Waals surface area contributed by atoms with Crippen molar-refractivity contribution in [2.75, 3.05) is 13.2 Å². The van der Waals surface area contributed by atoms with Crippen LogP contribution in [0.1, 0.15) is 6.92 Å². The number of carbonyl (C=O) groups is 2. The van der Waals surface area contributed by atoms with Gasteiger partial charge in [-0.2, -0.15) is 21.6 Å². The topological polar surface area (TPSA) is 107 Å². The van der Waals surface area contributed by atoms with Gasteiger partial charge in [0.15, 0.2) is 6.61 Å². The Labute approximate surface area is 99.6 Å². The van der Waals surface area contributed by atoms with E-state index in [1.807, 2.05) is 0 Å². The molecule has 11 heteroatoms. The smallest absolute Gasteiger partial charge is 0.422 e. The van der Waals surface area contributed by atoms with Crippen molar-refractivity contribution in [2.45, 2.75) is 18.3 Å². The van der Waals surface area contributed by atoms with E-state index in [0.717, 1.165) is 0 Å². The van der Waals surface area contributed by atoms with E-state index in [9.17, 15) is 31.2 Å². The van der Waals surface area contributed by atoms with E-state index in [1.54, 1.807) is 0 Å². The number of alkyl halides is 3. The van der Waals surface area contributed by atoms with Crippen LogP contribution >= 0.6 is 0 Å². The molecule has 0 bridgehead atoms. The van der Waals surface area contributed by atoms with Crippen LogP contribution in [0, 0.1) is 0 Å². The van der Waals surface area contributed by atoms with Crippen LogP contribution in [0.2, 0.25) is 0 Å². The summed E-state index contributed by atoms with van der Waals surface area (Å²) < 4.78 is 72.8. The van der Waals surface area contributed by atoms with E-state index >= 15 is 0 Å². The van der Waals surface area contributed by atoms with Crippen molar-refractivity contribution in [1.29, 1.82) is 0 Å². The van der Waals surface area contributed by atoms with Gasteiger partial charge in [-0.05, 0) is 6.92 Å². The molecule has 0 aliphatic heterocycles. The molecule has 0 aromatic rings. The molecule has 0 aliphatic rings. The third-order valence-corrected chi connectivity index (χ3v) is 2.37. The molecule has 1 unspecified atom stereocenters. The summed E-state index contributed by atoms with van der Waals surface area (Å²) in [4.78, 5) is 22.0. The van der Waals surface area contributed by atoms with Gasteiger partial charge in [-0.3, -0.25) is 4.55 Å². The number of hydrogen-bond acceptors (Lipinski definition) is 6. The monoisotopic (exact) mass is 294 g/mol. The molecule has 1 atom stereocenters. The van der Waals surface area contributed by atoms with Gasteiger partial charge in [0.1, 0.15) is 0 Å². The Hall–Kier alpha value is -1.36. The van der Waals surface area contributed by atoms with Gasteiger partial charge in [-0.25, -0.2) is 9.59 Å². The Balaban J connectivity index is 4.90. The Morgan fingerprint density at radius 3 is 2.00 bits per heavy atom. The van der Waals surface area contributed by atoms with Gasteiger partial charge in [0, 0.05) is 0 Å². The van der Waals surface area contributed by atoms with Crippen molar-refractivity contribution >= 4 is 22.1 Å². The normalized spacial score (nSPS) is 13.8. The Morgan fingerprint density at radius 2 is 1.67 bits per heavy atom. The average Bonchev–Trinajstić information content (AvgIpc) is 2.11. The standard InChI is InChI=1S/C7H9F3O7S/c1-2-16-5(11)4(18(13,14)15)6(12)17-3-7(8,9)10/h4H,2-3H2,1H3,(H,13,14,15). The van der Waals surface area contributed by atoms with Crippen molar-refractivity contribution in [3.8, 4) is 0 Å². The minimum absolute atomic E-state index is 0.336. The molecule has 0 fully saturated rings. The first-order valence-corrected chi connectivity index (χ1v) is 5.85. The van der Waals surface area contributed by atoms with Gasteiger partial charge in [-0.1, -0.05) is 0 Å². The number of carbonyl (C=O) groups excluding carboxylic acids is 2. The molecule has 7 nitrogen and oxygen atoms in total. The molecular weight excluding hydrogens is 285 g/mol. The van der Waals surface area contributed by atoms with E-state index in [-0.39, 0.29) is 6.61 Å². The number of rotatable bonds is 5. The van der Waals surface area contributed by atoms with Crippen LogP contribution in [0.25, 0.3) is 0 Å². The first kappa shape index (κ1) is 16.6. The highest BCUT2D eigenvalue weighted by molar-refractivity contribution is 7.88. The zero-order valence-corrected chi connectivity index (χ0v) is 9.75. The molecule has 0 saturated heterocycles. The molecule has 0 aliphatic carbocycles. The lowest BCUT2D eigenvalue weighted by atomic mass is 10.4. The first-order chi connectivity index (χ1) is 7.99. The molecule has 0 radical (unpaired) electrons. The van der Waals surface area contributed by atoms with Gasteiger partial charge in [0.05, 0.1) is 6.61 Å². The van der Waals surface area contributed by atoms with Crippen molar-refractivity contribution in [3.05, 3.63) is 0 Å². The van der Waals surface area contributed by atoms with Crippen LogP contribution in [-0.4, -0.2) is 49.5 Å². The number of ether oxygens (including phenoxy) is 2. The summed E-state index contributed by atoms with van der Waals surface area (Å²) in [6, 6.07) is 0. The van der Waals surface area contributed by atoms with E-state index < -0.39 is 40.1 Å². The van der Waals surface area contributed by atoms with Crippen molar-refractivity contribution in [2.24, 2.45) is 0 Å². The highest BCUT2D eigenvalue weighted by Crippen LogP contribution is 2.16. The van der Waals surface area contributed by atoms with Crippen molar-refractivity contribution < 1.29 is 45.2 Å². The quantitative estimate of drug-likeness (QED) is 0.429. The fourth-order valence-electron chi connectivity index (χ4n) is 0.786. The lowest BCUT2D eigenvalue weighted by molar-refractivity contribution is -0.187. The second-order valence-corrected chi connectivity index (χ2v) is 4.37. The third-order valence-electron chi connectivity index (χ3n) is 1.39. The molecule has 0 aromatic carbocycles. The lowest BCUT2D eigenvalue weighted by Crippen LogP contribution is -2.41. The van der Waals surface area contributed by atoms with Crippen LogP contribution < -0.4 is 0 Å². The summed E-state index contributed by atoms with van der Waals surface area (Å²) in [6.45, 7) is -1.16. The van der Waals surface area contributed by atoms with E-state index in [0.29, 0.717) is 0 Å². The SMILES string of the molecule is CCOC(=O)C(C(=O)OCC(F)(F)F)S(=O)(=O)O. The van der Waals surface area contributed by atoms with Crippen LogP contribution in [0.5, 0.6) is 0 Å². The second-order valence-electron chi connectivity index (χ2n) is 2.87. The maximum atomic E-state index is 11.7. The van der Waals surface area contributed by atoms with Crippen LogP contribution in [0.4, 0.5) is 13.2 Å². The predicted octanol–water partition coefficient (Wildman–Crippen LogP) is -0.0886. The van der Waals surface area contributed by atoms with Crippen molar-refractivity contribution in [3.63, 3.8) is 0 Å². The van der Waals surface area contributed by atoms with Gasteiger partial charge in [-0.15, -0.1) is 0 Å². The van der Waals surface area contributed by atoms with E-state index in [2.05, 4.69) is 9.47 Å². The third kappa shape index (κ3) is 5.82. The fraction of sp³-hybridized carbons (Fsp3) is 0.714. The molecule has 0 aromatic heterocycles. The highest BCUT2D eigenvalue weighted by atomic mass is 32.2. The summed E-state index contributed by atoms with van der Waals surface area (Å²) in [6.07, 6.45) is -4.89. The molecule has 0 rings (SSSR count). The molecule has 18 heavy (non-hydrogen) atoms. The highest BCUT2D eigenvalue weighted by Gasteiger charge is 2.43. The summed E-state index contributed by atoms with van der Waals surface area (Å²) >= 11 is 0. The van der Waals surface area contributed by atoms with Gasteiger partial charge < -0.3 is 9.47 Å². The number of hydrogen-bond donors (Lipinski definition) is 1. The summed E-state index contributed by atoms with van der Waals surface area (Å²) in [5.41, 5.74) is 0. The maximum Gasteiger partial charge on any atom is 0.422 e. The van der Waals surface area contributed by atoms with Crippen molar-refractivity contribution in [1.82, 2.24) is 0 Å². The molecule has 106 valence electrons. The van der Waals surface area contributed by atoms with E-state index in [1.165, 1.54) is 6.92 Å². The molecule has 0 spiro atoms. The van der Waals surface area contributed by atoms with E-state index in [4.69, 9.17) is 4.55 Å². The summed E-state index contributed by atoms with van der Waals surface area (Å²) in [5, 5.41) is -2.85. The fourth-order valence-corrected chi connectivity index (χ4v) is 1.41. The zero-order valence-electron chi connectivity index (χ0n) is 8.93. The van der Waals surface area contributed by atoms with Crippen LogP contribution in [0.15, 0.2) is 0 Å². The van der Waals surface area contributed by atoms with Gasteiger partial charge >= 0.3 is 18.1 Å². The number of esters is 2. The molecular formula is C7H9F3O7S. The van der Waals surface area contributed by atoms with Gasteiger partial charge in [0.2, 0.25) is 0 Å². The maximum absolute atomic E-state index is 11.7.